The molecule has 222 valence electrons. The number of hydrogen-bond donors (Lipinski definition) is 0. The molecule has 0 unspecified atom stereocenters. The summed E-state index contributed by atoms with van der Waals surface area (Å²) < 4.78 is 0. The molecule has 0 rings (SSSR count). The summed E-state index contributed by atoms with van der Waals surface area (Å²) in [6.45, 7) is 6.97. The van der Waals surface area contributed by atoms with Crippen molar-refractivity contribution < 1.29 is 0 Å². The third-order valence-electron chi connectivity index (χ3n) is 8.90. The molecular weight excluding hydrogens is 502 g/mol. The molecule has 0 nitrogen and oxygen atoms in total. The molecule has 0 aliphatic rings. The van der Waals surface area contributed by atoms with E-state index in [4.69, 9.17) is 0 Å². The van der Waals surface area contributed by atoms with Crippen LogP contribution in [-0.4, -0.2) is 16.2 Å². The van der Waals surface area contributed by atoms with Crippen LogP contribution in [0.5, 0.6) is 0 Å². The van der Waals surface area contributed by atoms with Gasteiger partial charge >= 0.3 is 245 Å². The Labute approximate surface area is 243 Å². The maximum absolute atomic E-state index is 2.32. The van der Waals surface area contributed by atoms with Crippen molar-refractivity contribution in [2.24, 2.45) is 0 Å². The van der Waals surface area contributed by atoms with Crippen LogP contribution in [0.4, 0.5) is 0 Å². The minimum atomic E-state index is -0.996. The fourth-order valence-corrected chi connectivity index (χ4v) is 13.5. The number of hydrogen-bond acceptors (Lipinski definition) is 0. The molecule has 1 heteroatoms. The molecule has 0 bridgehead atoms. The molecule has 0 saturated heterocycles. The normalized spacial score (nSPS) is 11.4. The zero-order chi connectivity index (χ0) is 26.9. The summed E-state index contributed by atoms with van der Waals surface area (Å²) in [4.78, 5) is 5.16. The van der Waals surface area contributed by atoms with Gasteiger partial charge in [-0.25, -0.2) is 0 Å². The summed E-state index contributed by atoms with van der Waals surface area (Å²) in [5, 5.41) is 0. The summed E-state index contributed by atoms with van der Waals surface area (Å²) in [6.07, 6.45) is 44.9. The van der Waals surface area contributed by atoms with Gasteiger partial charge in [-0.05, 0) is 0 Å². The van der Waals surface area contributed by atoms with Crippen molar-refractivity contribution in [1.82, 2.24) is 0 Å². The molecule has 0 aromatic heterocycles. The molecule has 0 atom stereocenters. The van der Waals surface area contributed by atoms with Crippen LogP contribution in [0.2, 0.25) is 14.9 Å². The van der Waals surface area contributed by atoms with Gasteiger partial charge in [0, 0.05) is 0 Å². The van der Waals surface area contributed by atoms with Crippen molar-refractivity contribution in [3.05, 3.63) is 0 Å². The van der Waals surface area contributed by atoms with Crippen LogP contribution in [-0.2, 0) is 0 Å². The van der Waals surface area contributed by atoms with Crippen LogP contribution in [0.15, 0.2) is 0 Å². The zero-order valence-corrected chi connectivity index (χ0v) is 29.3. The third-order valence-corrected chi connectivity index (χ3v) is 16.6. The molecule has 0 radical (unpaired) electrons. The molecule has 0 amide bonds. The van der Waals surface area contributed by atoms with Crippen LogP contribution in [0, 0.1) is 0 Å². The van der Waals surface area contributed by atoms with E-state index in [1.54, 1.807) is 53.5 Å². The SMILES string of the molecule is CCCCCCCCCCC[CH2][Ga]([CH2]CCCCCCCCCCC)[CH2]CCCCCCCCCCC. The minimum absolute atomic E-state index is 0.996. The first kappa shape index (κ1) is 37.6. The first-order chi connectivity index (χ1) is 18.3. The van der Waals surface area contributed by atoms with Gasteiger partial charge in [-0.15, -0.1) is 0 Å². The van der Waals surface area contributed by atoms with Crippen molar-refractivity contribution in [3.63, 3.8) is 0 Å². The van der Waals surface area contributed by atoms with Crippen LogP contribution >= 0.6 is 0 Å². The summed E-state index contributed by atoms with van der Waals surface area (Å²) in [7, 11) is 0. The third kappa shape index (κ3) is 32.7. The second-order valence-corrected chi connectivity index (χ2v) is 20.0. The van der Waals surface area contributed by atoms with Gasteiger partial charge in [0.15, 0.2) is 0 Å². The Morgan fingerprint density at radius 2 is 0.378 bits per heavy atom. The fourth-order valence-electron chi connectivity index (χ4n) is 6.19. The predicted octanol–water partition coefficient (Wildman–Crippen LogP) is 14.2. The average Bonchev–Trinajstić information content (AvgIpc) is 2.91. The Bertz CT molecular complexity index is 322. The standard InChI is InChI=1S/3C12H25.Ga/c3*1-3-5-7-9-11-12-10-8-6-4-2;/h3*1,3-12H2,2H3;. The second-order valence-electron chi connectivity index (χ2n) is 12.8. The topological polar surface area (TPSA) is 0 Å². The van der Waals surface area contributed by atoms with Crippen molar-refractivity contribution in [2.45, 2.75) is 228 Å². The van der Waals surface area contributed by atoms with E-state index in [1.807, 2.05) is 0 Å². The molecule has 0 aliphatic heterocycles. The number of unbranched alkanes of at least 4 members (excludes halogenated alkanes) is 27. The van der Waals surface area contributed by atoms with Gasteiger partial charge in [0.2, 0.25) is 0 Å². The van der Waals surface area contributed by atoms with E-state index in [1.165, 1.54) is 154 Å². The van der Waals surface area contributed by atoms with E-state index in [0.717, 1.165) is 0 Å². The quantitative estimate of drug-likeness (QED) is 0.0538. The average molecular weight is 578 g/mol. The van der Waals surface area contributed by atoms with Crippen LogP contribution in [0.1, 0.15) is 213 Å². The summed E-state index contributed by atoms with van der Waals surface area (Å²) in [5.74, 6) is 0. The Morgan fingerprint density at radius 3 is 0.568 bits per heavy atom. The molecule has 0 aromatic carbocycles. The zero-order valence-electron chi connectivity index (χ0n) is 26.9. The fraction of sp³-hybridized carbons (Fsp3) is 1.00. The monoisotopic (exact) mass is 577 g/mol. The summed E-state index contributed by atoms with van der Waals surface area (Å²) in [5.41, 5.74) is 0. The molecule has 0 spiro atoms. The van der Waals surface area contributed by atoms with E-state index in [9.17, 15) is 0 Å². The molecular formula is C36H75Ga. The first-order valence-electron chi connectivity index (χ1n) is 18.3. The van der Waals surface area contributed by atoms with Gasteiger partial charge in [-0.3, -0.25) is 0 Å². The van der Waals surface area contributed by atoms with E-state index < -0.39 is 16.2 Å². The molecule has 0 aliphatic carbocycles. The maximum atomic E-state index is 2.32. The van der Waals surface area contributed by atoms with Crippen LogP contribution < -0.4 is 0 Å². The Hall–Kier alpha value is 0.636. The molecule has 0 aromatic rings. The van der Waals surface area contributed by atoms with Crippen molar-refractivity contribution >= 4 is 16.2 Å². The van der Waals surface area contributed by atoms with Gasteiger partial charge in [0.25, 0.3) is 0 Å². The molecule has 0 N–H and O–H groups in total. The first-order valence-corrected chi connectivity index (χ1v) is 23.5. The van der Waals surface area contributed by atoms with E-state index >= 15 is 0 Å². The summed E-state index contributed by atoms with van der Waals surface area (Å²) in [6, 6.07) is 0. The molecule has 0 heterocycles. The van der Waals surface area contributed by atoms with Crippen molar-refractivity contribution in [1.29, 1.82) is 0 Å². The molecule has 0 saturated carbocycles. The summed E-state index contributed by atoms with van der Waals surface area (Å²) >= 11 is -0.996. The van der Waals surface area contributed by atoms with Gasteiger partial charge < -0.3 is 0 Å². The van der Waals surface area contributed by atoms with E-state index in [2.05, 4.69) is 20.8 Å². The van der Waals surface area contributed by atoms with Gasteiger partial charge in [0.1, 0.15) is 0 Å². The Balaban J connectivity index is 3.87. The van der Waals surface area contributed by atoms with Gasteiger partial charge in [-0.2, -0.15) is 0 Å². The van der Waals surface area contributed by atoms with Crippen LogP contribution in [0.25, 0.3) is 0 Å². The van der Waals surface area contributed by atoms with Crippen molar-refractivity contribution in [2.75, 3.05) is 0 Å². The predicted molar refractivity (Wildman–Crippen MR) is 176 cm³/mol. The van der Waals surface area contributed by atoms with Gasteiger partial charge in [-0.1, -0.05) is 0 Å². The second kappa shape index (κ2) is 34.7. The van der Waals surface area contributed by atoms with E-state index in [0.29, 0.717) is 0 Å². The van der Waals surface area contributed by atoms with Gasteiger partial charge in [0.05, 0.1) is 0 Å². The van der Waals surface area contributed by atoms with Crippen LogP contribution in [0.3, 0.4) is 0 Å². The Kier molecular flexibility index (Phi) is 35.3. The van der Waals surface area contributed by atoms with E-state index in [-0.39, 0.29) is 0 Å². The Morgan fingerprint density at radius 1 is 0.216 bits per heavy atom. The number of rotatable bonds is 33. The molecule has 37 heavy (non-hydrogen) atoms. The molecule has 0 fully saturated rings. The van der Waals surface area contributed by atoms with Crippen molar-refractivity contribution in [3.8, 4) is 0 Å².